The molecule has 19 heavy (non-hydrogen) atoms. The highest BCUT2D eigenvalue weighted by Gasteiger charge is 2.29. The summed E-state index contributed by atoms with van der Waals surface area (Å²) < 4.78 is 5.87. The molecule has 100 valence electrons. The lowest BCUT2D eigenvalue weighted by Crippen LogP contribution is -2.35. The minimum Gasteiger partial charge on any atom is -0.444 e. The second-order valence-electron chi connectivity index (χ2n) is 6.22. The van der Waals surface area contributed by atoms with Gasteiger partial charge in [-0.1, -0.05) is 24.3 Å². The Morgan fingerprint density at radius 3 is 2.84 bits per heavy atom. The first-order chi connectivity index (χ1) is 9.03. The third-order valence-corrected chi connectivity index (χ3v) is 3.54. The summed E-state index contributed by atoms with van der Waals surface area (Å²) in [5.41, 5.74) is 2.89. The average molecular weight is 256 g/mol. The fourth-order valence-electron chi connectivity index (χ4n) is 2.42. The van der Waals surface area contributed by atoms with Gasteiger partial charge in [0.2, 0.25) is 5.89 Å². The topological polar surface area (TPSA) is 38.1 Å². The molecule has 3 heteroatoms. The van der Waals surface area contributed by atoms with Gasteiger partial charge in [0.15, 0.2) is 0 Å². The molecule has 0 spiro atoms. The minimum atomic E-state index is 0.0811. The Morgan fingerprint density at radius 2 is 2.11 bits per heavy atom. The van der Waals surface area contributed by atoms with E-state index in [2.05, 4.69) is 55.3 Å². The van der Waals surface area contributed by atoms with Crippen molar-refractivity contribution in [3.63, 3.8) is 0 Å². The molecule has 3 rings (SSSR count). The van der Waals surface area contributed by atoms with Crippen molar-refractivity contribution in [2.45, 2.75) is 45.2 Å². The lowest BCUT2D eigenvalue weighted by molar-refractivity contribution is 0.363. The molecule has 0 bridgehead atoms. The fourth-order valence-corrected chi connectivity index (χ4v) is 2.42. The zero-order valence-electron chi connectivity index (χ0n) is 11.7. The maximum absolute atomic E-state index is 5.87. The fraction of sp³-hybridized carbons (Fsp3) is 0.438. The molecule has 2 aromatic rings. The minimum absolute atomic E-state index is 0.0811. The molecule has 0 radical (unpaired) electrons. The summed E-state index contributed by atoms with van der Waals surface area (Å²) in [7, 11) is 0. The molecule has 1 aliphatic carbocycles. The Bertz CT molecular complexity index is 580. The highest BCUT2D eigenvalue weighted by atomic mass is 16.4. The van der Waals surface area contributed by atoms with Gasteiger partial charge in [0.25, 0.3) is 0 Å². The maximum atomic E-state index is 5.87. The number of aromatic nitrogens is 1. The Balaban J connectivity index is 1.70. The van der Waals surface area contributed by atoms with E-state index in [0.29, 0.717) is 12.5 Å². The molecule has 1 atom stereocenters. The summed E-state index contributed by atoms with van der Waals surface area (Å²) in [4.78, 5) is 4.37. The number of rotatable bonds is 3. The number of hydrogen-bond donors (Lipinski definition) is 1. The van der Waals surface area contributed by atoms with Crippen molar-refractivity contribution in [1.29, 1.82) is 0 Å². The smallest absolute Gasteiger partial charge is 0.208 e. The van der Waals surface area contributed by atoms with Gasteiger partial charge in [-0.25, -0.2) is 4.98 Å². The molecule has 1 heterocycles. The standard InChI is InChI=1S/C16H20N2O/c1-16(2,3)18-10-15-17-9-14(19-15)13-8-11-6-4-5-7-12(11)13/h4-7,9,13,18H,8,10H2,1-3H3. The maximum Gasteiger partial charge on any atom is 0.208 e. The molecule has 3 nitrogen and oxygen atoms in total. The van der Waals surface area contributed by atoms with Gasteiger partial charge in [-0.15, -0.1) is 0 Å². The summed E-state index contributed by atoms with van der Waals surface area (Å²) in [5.74, 6) is 2.16. The van der Waals surface area contributed by atoms with Crippen LogP contribution in [0, 0.1) is 0 Å². The largest absolute Gasteiger partial charge is 0.444 e. The van der Waals surface area contributed by atoms with Crippen LogP contribution in [0.3, 0.4) is 0 Å². The van der Waals surface area contributed by atoms with Crippen LogP contribution in [0.25, 0.3) is 0 Å². The first-order valence-electron chi connectivity index (χ1n) is 6.80. The monoisotopic (exact) mass is 256 g/mol. The first kappa shape index (κ1) is 12.4. The Morgan fingerprint density at radius 1 is 1.32 bits per heavy atom. The van der Waals surface area contributed by atoms with E-state index in [-0.39, 0.29) is 5.54 Å². The van der Waals surface area contributed by atoms with Crippen LogP contribution in [0.2, 0.25) is 0 Å². The molecular formula is C16H20N2O. The number of nitrogens with zero attached hydrogens (tertiary/aromatic N) is 1. The van der Waals surface area contributed by atoms with E-state index in [9.17, 15) is 0 Å². The highest BCUT2D eigenvalue weighted by Crippen LogP contribution is 2.39. The predicted molar refractivity (Wildman–Crippen MR) is 75.1 cm³/mol. The van der Waals surface area contributed by atoms with Gasteiger partial charge in [-0.3, -0.25) is 0 Å². The summed E-state index contributed by atoms with van der Waals surface area (Å²) in [6, 6.07) is 8.54. The number of fused-ring (bicyclic) bond motifs is 1. The van der Waals surface area contributed by atoms with Gasteiger partial charge in [0.05, 0.1) is 12.7 Å². The third kappa shape index (κ3) is 2.56. The second-order valence-corrected chi connectivity index (χ2v) is 6.22. The second kappa shape index (κ2) is 4.49. The van der Waals surface area contributed by atoms with Crippen LogP contribution in [0.15, 0.2) is 34.9 Å². The van der Waals surface area contributed by atoms with Gasteiger partial charge >= 0.3 is 0 Å². The molecule has 0 fully saturated rings. The van der Waals surface area contributed by atoms with E-state index < -0.39 is 0 Å². The summed E-state index contributed by atoms with van der Waals surface area (Å²) >= 11 is 0. The normalized spacial score (nSPS) is 17.9. The SMILES string of the molecule is CC(C)(C)NCc1ncc(C2Cc3ccccc32)o1. The first-order valence-corrected chi connectivity index (χ1v) is 6.80. The number of benzene rings is 1. The van der Waals surface area contributed by atoms with E-state index in [1.165, 1.54) is 11.1 Å². The van der Waals surface area contributed by atoms with E-state index in [4.69, 9.17) is 4.42 Å². The van der Waals surface area contributed by atoms with Crippen molar-refractivity contribution in [1.82, 2.24) is 10.3 Å². The third-order valence-electron chi connectivity index (χ3n) is 3.54. The number of oxazole rings is 1. The molecule has 0 saturated heterocycles. The summed E-state index contributed by atoms with van der Waals surface area (Å²) in [5, 5.41) is 3.39. The van der Waals surface area contributed by atoms with Crippen molar-refractivity contribution in [2.75, 3.05) is 0 Å². The van der Waals surface area contributed by atoms with Crippen molar-refractivity contribution in [3.8, 4) is 0 Å². The molecule has 0 saturated carbocycles. The van der Waals surface area contributed by atoms with Gasteiger partial charge in [0.1, 0.15) is 5.76 Å². The summed E-state index contributed by atoms with van der Waals surface area (Å²) in [6.45, 7) is 7.09. The number of nitrogens with one attached hydrogen (secondary N) is 1. The van der Waals surface area contributed by atoms with Gasteiger partial charge in [-0.05, 0) is 38.3 Å². The van der Waals surface area contributed by atoms with E-state index in [1.54, 1.807) is 0 Å². The van der Waals surface area contributed by atoms with E-state index in [1.807, 2.05) is 6.20 Å². The zero-order chi connectivity index (χ0) is 13.5. The van der Waals surface area contributed by atoms with Crippen LogP contribution in [-0.4, -0.2) is 10.5 Å². The highest BCUT2D eigenvalue weighted by molar-refractivity contribution is 5.44. The molecule has 0 amide bonds. The molecule has 1 aromatic carbocycles. The summed E-state index contributed by atoms with van der Waals surface area (Å²) in [6.07, 6.45) is 2.94. The molecule has 1 aliphatic rings. The quantitative estimate of drug-likeness (QED) is 0.916. The van der Waals surface area contributed by atoms with Crippen LogP contribution in [-0.2, 0) is 13.0 Å². The van der Waals surface area contributed by atoms with Crippen molar-refractivity contribution in [3.05, 3.63) is 53.2 Å². The predicted octanol–water partition coefficient (Wildman–Crippen LogP) is 3.25. The van der Waals surface area contributed by atoms with Crippen LogP contribution in [0.1, 0.15) is 49.5 Å². The Kier molecular flexibility index (Phi) is 2.94. The average Bonchev–Trinajstić information content (AvgIpc) is 2.76. The van der Waals surface area contributed by atoms with Crippen molar-refractivity contribution < 1.29 is 4.42 Å². The van der Waals surface area contributed by atoms with Gasteiger partial charge in [-0.2, -0.15) is 0 Å². The van der Waals surface area contributed by atoms with Crippen LogP contribution >= 0.6 is 0 Å². The molecule has 1 N–H and O–H groups in total. The number of hydrogen-bond acceptors (Lipinski definition) is 3. The van der Waals surface area contributed by atoms with Crippen LogP contribution in [0.4, 0.5) is 0 Å². The lowest BCUT2D eigenvalue weighted by atomic mass is 9.76. The van der Waals surface area contributed by atoms with E-state index >= 15 is 0 Å². The lowest BCUT2D eigenvalue weighted by Gasteiger charge is -2.27. The molecule has 1 aromatic heterocycles. The molecule has 1 unspecified atom stereocenters. The van der Waals surface area contributed by atoms with Crippen molar-refractivity contribution in [2.24, 2.45) is 0 Å². The van der Waals surface area contributed by atoms with Crippen LogP contribution < -0.4 is 5.32 Å². The Hall–Kier alpha value is -1.61. The Labute approximate surface area is 114 Å². The van der Waals surface area contributed by atoms with Gasteiger partial charge < -0.3 is 9.73 Å². The van der Waals surface area contributed by atoms with Crippen LogP contribution in [0.5, 0.6) is 0 Å². The molecular weight excluding hydrogens is 236 g/mol. The van der Waals surface area contributed by atoms with Gasteiger partial charge in [0, 0.05) is 11.5 Å². The van der Waals surface area contributed by atoms with Crippen molar-refractivity contribution >= 4 is 0 Å². The van der Waals surface area contributed by atoms with E-state index in [0.717, 1.165) is 18.1 Å². The molecule has 0 aliphatic heterocycles. The zero-order valence-corrected chi connectivity index (χ0v) is 11.7.